The molecule has 5 heteroatoms. The van der Waals surface area contributed by atoms with E-state index < -0.39 is 8.32 Å². The first-order valence-electron chi connectivity index (χ1n) is 7.64. The van der Waals surface area contributed by atoms with E-state index in [1.807, 2.05) is 45.3 Å². The summed E-state index contributed by atoms with van der Waals surface area (Å²) in [6, 6.07) is 12.3. The van der Waals surface area contributed by atoms with Gasteiger partial charge in [-0.1, -0.05) is 30.3 Å². The van der Waals surface area contributed by atoms with Gasteiger partial charge < -0.3 is 8.84 Å². The molecular weight excluding hydrogens is 289 g/mol. The van der Waals surface area contributed by atoms with Crippen molar-refractivity contribution in [3.8, 4) is 0 Å². The Morgan fingerprint density at radius 1 is 1.27 bits per heavy atom. The first-order valence-corrected chi connectivity index (χ1v) is 11.0. The van der Waals surface area contributed by atoms with Crippen LogP contribution in [-0.2, 0) is 4.43 Å². The van der Waals surface area contributed by atoms with Gasteiger partial charge in [0.1, 0.15) is 13.6 Å². The second kappa shape index (κ2) is 7.11. The lowest BCUT2D eigenvalue weighted by Gasteiger charge is -2.21. The zero-order valence-corrected chi connectivity index (χ0v) is 15.1. The molecule has 0 aliphatic carbocycles. The molecule has 0 saturated carbocycles. The van der Waals surface area contributed by atoms with Crippen LogP contribution in [0.1, 0.15) is 23.1 Å². The van der Waals surface area contributed by atoms with E-state index in [1.54, 1.807) is 0 Å². The van der Waals surface area contributed by atoms with E-state index >= 15 is 0 Å². The maximum Gasteiger partial charge on any atom is 0.183 e. The van der Waals surface area contributed by atoms with Gasteiger partial charge in [0, 0.05) is 0 Å². The molecule has 0 aliphatic rings. The Kier molecular flexibility index (Phi) is 5.43. The highest BCUT2D eigenvalue weighted by molar-refractivity contribution is 6.69. The van der Waals surface area contributed by atoms with Gasteiger partial charge in [-0.15, -0.1) is 0 Å². The minimum absolute atomic E-state index is 0.00126. The summed E-state index contributed by atoms with van der Waals surface area (Å²) in [5.74, 6) is 1.74. The van der Waals surface area contributed by atoms with Crippen LogP contribution in [0.15, 0.2) is 45.8 Å². The van der Waals surface area contributed by atoms with E-state index in [2.05, 4.69) is 31.8 Å². The number of nitrogens with zero attached hydrogens (tertiary/aromatic N) is 1. The molecule has 0 saturated heterocycles. The Morgan fingerprint density at radius 3 is 2.50 bits per heavy atom. The molecule has 0 amide bonds. The smallest absolute Gasteiger partial charge is 0.183 e. The van der Waals surface area contributed by atoms with Crippen molar-refractivity contribution in [3.63, 3.8) is 0 Å². The highest BCUT2D eigenvalue weighted by Crippen LogP contribution is 2.19. The summed E-state index contributed by atoms with van der Waals surface area (Å²) in [7, 11) is 0.478. The van der Waals surface area contributed by atoms with E-state index in [9.17, 15) is 0 Å². The molecule has 1 aromatic carbocycles. The van der Waals surface area contributed by atoms with Crippen molar-refractivity contribution in [3.05, 3.63) is 53.5 Å². The standard InChI is InChI=1S/C17H24BNO2Si/c1-13-16(18)10-15(21-13)11-19-17(12-20-22(2,3)4)14-8-6-5-7-9-14/h5-11,17H,12,18H2,1-4H3/b19-11+/t17-/m0/s1. The zero-order valence-electron chi connectivity index (χ0n) is 14.1. The SMILES string of the molecule is Bc1cc(/C=N/[C@@H](CO[Si](C)(C)C)c2ccccc2)oc1C. The van der Waals surface area contributed by atoms with Gasteiger partial charge in [-0.3, -0.25) is 4.99 Å². The van der Waals surface area contributed by atoms with Crippen LogP contribution in [-0.4, -0.2) is 29.0 Å². The third-order valence-corrected chi connectivity index (χ3v) is 4.46. The van der Waals surface area contributed by atoms with E-state index in [1.165, 1.54) is 0 Å². The molecule has 2 aromatic rings. The van der Waals surface area contributed by atoms with Crippen LogP contribution in [0, 0.1) is 6.92 Å². The third kappa shape index (κ3) is 5.00. The Bertz CT molecular complexity index is 612. The van der Waals surface area contributed by atoms with Crippen molar-refractivity contribution in [1.29, 1.82) is 0 Å². The predicted octanol–water partition coefficient (Wildman–Crippen LogP) is 2.86. The van der Waals surface area contributed by atoms with Crippen LogP contribution in [0.2, 0.25) is 19.6 Å². The molecule has 3 nitrogen and oxygen atoms in total. The molecule has 0 unspecified atom stereocenters. The Hall–Kier alpha value is -1.59. The molecule has 0 spiro atoms. The molecule has 1 aromatic heterocycles. The molecular formula is C17H24BNO2Si. The summed E-state index contributed by atoms with van der Waals surface area (Å²) in [6.45, 7) is 9.15. The quantitative estimate of drug-likeness (QED) is 0.607. The molecule has 0 fully saturated rings. The Morgan fingerprint density at radius 2 is 1.95 bits per heavy atom. The zero-order chi connectivity index (χ0) is 16.2. The topological polar surface area (TPSA) is 34.7 Å². The van der Waals surface area contributed by atoms with Gasteiger partial charge >= 0.3 is 0 Å². The fraction of sp³-hybridized carbons (Fsp3) is 0.353. The number of rotatable bonds is 6. The molecule has 0 bridgehead atoms. The van der Waals surface area contributed by atoms with E-state index in [-0.39, 0.29) is 6.04 Å². The first-order chi connectivity index (χ1) is 10.3. The Balaban J connectivity index is 2.17. The number of furan rings is 1. The lowest BCUT2D eigenvalue weighted by atomic mass is 9.97. The molecule has 0 aliphatic heterocycles. The summed E-state index contributed by atoms with van der Waals surface area (Å²) in [5.41, 5.74) is 2.31. The predicted molar refractivity (Wildman–Crippen MR) is 97.7 cm³/mol. The third-order valence-electron chi connectivity index (χ3n) is 3.43. The normalized spacial score (nSPS) is 13.6. The van der Waals surface area contributed by atoms with Gasteiger partial charge in [-0.2, -0.15) is 0 Å². The van der Waals surface area contributed by atoms with Gasteiger partial charge in [0.05, 0.1) is 24.6 Å². The van der Waals surface area contributed by atoms with Crippen LogP contribution < -0.4 is 5.46 Å². The van der Waals surface area contributed by atoms with Crippen molar-refractivity contribution in [2.75, 3.05) is 6.61 Å². The highest BCUT2D eigenvalue weighted by Gasteiger charge is 2.18. The summed E-state index contributed by atoms with van der Waals surface area (Å²) in [6.07, 6.45) is 1.81. The lowest BCUT2D eigenvalue weighted by molar-refractivity contribution is 0.285. The number of aliphatic imine (C=N–C) groups is 1. The van der Waals surface area contributed by atoms with Gasteiger partial charge in [0.25, 0.3) is 0 Å². The van der Waals surface area contributed by atoms with Crippen molar-refractivity contribution in [2.45, 2.75) is 32.6 Å². The van der Waals surface area contributed by atoms with Gasteiger partial charge in [-0.05, 0) is 43.7 Å². The minimum atomic E-state index is -1.56. The van der Waals surface area contributed by atoms with Gasteiger partial charge in [0.15, 0.2) is 8.32 Å². The van der Waals surface area contributed by atoms with E-state index in [4.69, 9.17) is 13.8 Å². The van der Waals surface area contributed by atoms with Crippen molar-refractivity contribution < 1.29 is 8.84 Å². The summed E-state index contributed by atoms with van der Waals surface area (Å²) < 4.78 is 11.7. The largest absolute Gasteiger partial charge is 0.461 e. The number of hydrogen-bond acceptors (Lipinski definition) is 3. The lowest BCUT2D eigenvalue weighted by Crippen LogP contribution is -2.27. The van der Waals surface area contributed by atoms with Crippen molar-refractivity contribution >= 4 is 27.8 Å². The maximum absolute atomic E-state index is 6.06. The van der Waals surface area contributed by atoms with Crippen LogP contribution >= 0.6 is 0 Å². The molecule has 1 heterocycles. The summed E-state index contributed by atoms with van der Waals surface area (Å²) in [4.78, 5) is 4.70. The van der Waals surface area contributed by atoms with Gasteiger partial charge in [0.2, 0.25) is 0 Å². The number of aryl methyl sites for hydroxylation is 1. The average molecular weight is 313 g/mol. The second-order valence-corrected chi connectivity index (χ2v) is 11.0. The van der Waals surface area contributed by atoms with E-state index in [0.29, 0.717) is 6.61 Å². The molecule has 22 heavy (non-hydrogen) atoms. The molecule has 116 valence electrons. The second-order valence-electron chi connectivity index (χ2n) is 6.52. The highest BCUT2D eigenvalue weighted by atomic mass is 28.4. The fourth-order valence-electron chi connectivity index (χ4n) is 2.06. The Labute approximate surface area is 135 Å². The number of hydrogen-bond donors (Lipinski definition) is 0. The van der Waals surface area contributed by atoms with Crippen LogP contribution in [0.3, 0.4) is 0 Å². The van der Waals surface area contributed by atoms with E-state index in [0.717, 1.165) is 22.5 Å². The molecule has 1 atom stereocenters. The molecule has 0 N–H and O–H groups in total. The average Bonchev–Trinajstić information content (AvgIpc) is 2.77. The number of benzene rings is 1. The van der Waals surface area contributed by atoms with Crippen molar-refractivity contribution in [2.24, 2.45) is 4.99 Å². The van der Waals surface area contributed by atoms with Gasteiger partial charge in [-0.25, -0.2) is 0 Å². The van der Waals surface area contributed by atoms with Crippen LogP contribution in [0.5, 0.6) is 0 Å². The maximum atomic E-state index is 6.06. The summed E-state index contributed by atoms with van der Waals surface area (Å²) >= 11 is 0. The van der Waals surface area contributed by atoms with Crippen molar-refractivity contribution in [1.82, 2.24) is 0 Å². The van der Waals surface area contributed by atoms with Crippen LogP contribution in [0.4, 0.5) is 0 Å². The molecule has 0 radical (unpaired) electrons. The summed E-state index contributed by atoms with van der Waals surface area (Å²) in [5, 5.41) is 0. The molecule has 2 rings (SSSR count). The van der Waals surface area contributed by atoms with Crippen LogP contribution in [0.25, 0.3) is 0 Å². The monoisotopic (exact) mass is 313 g/mol. The fourth-order valence-corrected chi connectivity index (χ4v) is 2.72. The minimum Gasteiger partial charge on any atom is -0.461 e. The first kappa shape index (κ1) is 16.8.